The molecule has 3 aliphatic heterocycles. The molecule has 4 rings (SSSR count). The number of aryl methyl sites for hydroxylation is 1. The lowest BCUT2D eigenvalue weighted by Gasteiger charge is -2.37. The van der Waals surface area contributed by atoms with Crippen LogP contribution >= 0.6 is 11.3 Å². The lowest BCUT2D eigenvalue weighted by molar-refractivity contribution is -0.00106. The summed E-state index contributed by atoms with van der Waals surface area (Å²) in [6, 6.07) is 2.20. The molecule has 1 aromatic rings. The van der Waals surface area contributed by atoms with E-state index in [1.165, 1.54) is 10.4 Å². The van der Waals surface area contributed by atoms with E-state index in [-0.39, 0.29) is 11.7 Å². The van der Waals surface area contributed by atoms with E-state index in [0.29, 0.717) is 0 Å². The predicted octanol–water partition coefficient (Wildman–Crippen LogP) is 2.48. The highest BCUT2D eigenvalue weighted by Gasteiger charge is 2.46. The summed E-state index contributed by atoms with van der Waals surface area (Å²) in [5, 5.41) is 2.18. The average Bonchev–Trinajstić information content (AvgIpc) is 3.25. The molecule has 1 aromatic heterocycles. The summed E-state index contributed by atoms with van der Waals surface area (Å²) >= 11 is 1.85. The topological polar surface area (TPSA) is 39.3 Å². The summed E-state index contributed by atoms with van der Waals surface area (Å²) in [5.74, 6) is 0. The standard InChI is InChI=1S/C21H34N4O2S/c1-3-22-9-11-23(12-10-22)13-14-25-17-21(27-20(25)26)5-7-24(8-6-21)16-19-18(2)4-15-28-19/h4,15H,3,5-14,16-17H2,1-2H3. The number of likely N-dealkylation sites (N-methyl/N-ethyl adjacent to an activating group) is 1. The van der Waals surface area contributed by atoms with Gasteiger partial charge in [-0.05, 0) is 30.5 Å². The first-order valence-electron chi connectivity index (χ1n) is 10.7. The molecule has 0 aromatic carbocycles. The lowest BCUT2D eigenvalue weighted by Crippen LogP contribution is -2.49. The van der Waals surface area contributed by atoms with Crippen LogP contribution in [0.15, 0.2) is 11.4 Å². The molecule has 0 radical (unpaired) electrons. The molecule has 0 unspecified atom stereocenters. The van der Waals surface area contributed by atoms with E-state index >= 15 is 0 Å². The number of carbonyl (C=O) groups excluding carboxylic acids is 1. The monoisotopic (exact) mass is 406 g/mol. The predicted molar refractivity (Wildman–Crippen MR) is 113 cm³/mol. The number of amides is 1. The smallest absolute Gasteiger partial charge is 0.410 e. The molecule has 6 nitrogen and oxygen atoms in total. The first-order valence-corrected chi connectivity index (χ1v) is 11.6. The molecule has 0 bridgehead atoms. The molecule has 156 valence electrons. The van der Waals surface area contributed by atoms with Crippen molar-refractivity contribution < 1.29 is 9.53 Å². The fourth-order valence-corrected chi connectivity index (χ4v) is 5.55. The molecule has 7 heteroatoms. The fraction of sp³-hybridized carbons (Fsp3) is 0.762. The lowest BCUT2D eigenvalue weighted by atomic mass is 9.91. The highest BCUT2D eigenvalue weighted by Crippen LogP contribution is 2.34. The van der Waals surface area contributed by atoms with E-state index in [1.807, 2.05) is 16.2 Å². The van der Waals surface area contributed by atoms with Crippen LogP contribution in [0.5, 0.6) is 0 Å². The molecule has 1 spiro atoms. The number of piperidine rings is 1. The van der Waals surface area contributed by atoms with Crippen molar-refractivity contribution in [1.29, 1.82) is 0 Å². The molecular weight excluding hydrogens is 372 g/mol. The van der Waals surface area contributed by atoms with Gasteiger partial charge in [-0.2, -0.15) is 0 Å². The summed E-state index contributed by atoms with van der Waals surface area (Å²) in [6.45, 7) is 15.6. The highest BCUT2D eigenvalue weighted by atomic mass is 32.1. The normalized spacial score (nSPS) is 24.2. The van der Waals surface area contributed by atoms with E-state index in [4.69, 9.17) is 4.74 Å². The third kappa shape index (κ3) is 4.53. The zero-order valence-electron chi connectivity index (χ0n) is 17.4. The summed E-state index contributed by atoms with van der Waals surface area (Å²) < 4.78 is 5.92. The molecular formula is C21H34N4O2S. The van der Waals surface area contributed by atoms with Gasteiger partial charge in [0, 0.05) is 76.6 Å². The molecule has 3 aliphatic rings. The zero-order chi connectivity index (χ0) is 19.6. The zero-order valence-corrected chi connectivity index (χ0v) is 18.2. The highest BCUT2D eigenvalue weighted by molar-refractivity contribution is 7.10. The minimum Gasteiger partial charge on any atom is -0.441 e. The van der Waals surface area contributed by atoms with Crippen molar-refractivity contribution in [3.05, 3.63) is 21.9 Å². The SMILES string of the molecule is CCN1CCN(CCN2CC3(CCN(Cc4sccc4C)CC3)OC2=O)CC1. The molecule has 1 amide bonds. The van der Waals surface area contributed by atoms with Crippen molar-refractivity contribution in [3.63, 3.8) is 0 Å². The summed E-state index contributed by atoms with van der Waals surface area (Å²) in [4.78, 5) is 23.4. The summed E-state index contributed by atoms with van der Waals surface area (Å²) in [6.07, 6.45) is 1.80. The number of hydrogen-bond acceptors (Lipinski definition) is 6. The van der Waals surface area contributed by atoms with Gasteiger partial charge in [0.15, 0.2) is 0 Å². The molecule has 3 fully saturated rings. The first-order chi connectivity index (χ1) is 13.6. The number of ether oxygens (including phenoxy) is 1. The minimum absolute atomic E-state index is 0.102. The quantitative estimate of drug-likeness (QED) is 0.726. The average molecular weight is 407 g/mol. The Morgan fingerprint density at radius 1 is 1.04 bits per heavy atom. The number of rotatable bonds is 6. The van der Waals surface area contributed by atoms with Crippen molar-refractivity contribution in [2.24, 2.45) is 0 Å². The number of hydrogen-bond donors (Lipinski definition) is 0. The Bertz CT molecular complexity index is 663. The number of piperazine rings is 1. The number of thiophene rings is 1. The second-order valence-corrected chi connectivity index (χ2v) is 9.55. The van der Waals surface area contributed by atoms with Crippen LogP contribution in [0, 0.1) is 6.92 Å². The fourth-order valence-electron chi connectivity index (χ4n) is 4.60. The second kappa shape index (κ2) is 8.69. The van der Waals surface area contributed by atoms with Crippen molar-refractivity contribution in [2.45, 2.75) is 38.8 Å². The maximum Gasteiger partial charge on any atom is 0.410 e. The van der Waals surface area contributed by atoms with Crippen LogP contribution < -0.4 is 0 Å². The molecule has 0 aliphatic carbocycles. The van der Waals surface area contributed by atoms with Gasteiger partial charge in [-0.3, -0.25) is 9.80 Å². The number of likely N-dealkylation sites (tertiary alicyclic amines) is 1. The Morgan fingerprint density at radius 3 is 2.39 bits per heavy atom. The molecule has 0 saturated carbocycles. The van der Waals surface area contributed by atoms with E-state index in [9.17, 15) is 4.79 Å². The first kappa shape index (κ1) is 20.1. The summed E-state index contributed by atoms with van der Waals surface area (Å²) in [7, 11) is 0. The van der Waals surface area contributed by atoms with Crippen molar-refractivity contribution in [2.75, 3.05) is 65.4 Å². The Morgan fingerprint density at radius 2 is 1.75 bits per heavy atom. The van der Waals surface area contributed by atoms with Crippen molar-refractivity contribution in [1.82, 2.24) is 19.6 Å². The Labute approximate surface area is 173 Å². The number of carbonyl (C=O) groups is 1. The third-order valence-corrected chi connectivity index (χ3v) is 7.75. The Balaban J connectivity index is 1.23. The van der Waals surface area contributed by atoms with Gasteiger partial charge in [0.1, 0.15) is 5.60 Å². The Kier molecular flexibility index (Phi) is 6.25. The van der Waals surface area contributed by atoms with Gasteiger partial charge in [-0.1, -0.05) is 6.92 Å². The molecule has 0 N–H and O–H groups in total. The van der Waals surface area contributed by atoms with Gasteiger partial charge >= 0.3 is 6.09 Å². The van der Waals surface area contributed by atoms with Crippen molar-refractivity contribution >= 4 is 17.4 Å². The van der Waals surface area contributed by atoms with Gasteiger partial charge in [-0.25, -0.2) is 4.79 Å². The van der Waals surface area contributed by atoms with Crippen LogP contribution in [0.4, 0.5) is 4.79 Å². The van der Waals surface area contributed by atoms with E-state index in [1.54, 1.807) is 0 Å². The van der Waals surface area contributed by atoms with Gasteiger partial charge in [-0.15, -0.1) is 11.3 Å². The second-order valence-electron chi connectivity index (χ2n) is 8.55. The van der Waals surface area contributed by atoms with Crippen molar-refractivity contribution in [3.8, 4) is 0 Å². The van der Waals surface area contributed by atoms with Gasteiger partial charge < -0.3 is 14.5 Å². The van der Waals surface area contributed by atoms with Crippen LogP contribution in [0.25, 0.3) is 0 Å². The summed E-state index contributed by atoms with van der Waals surface area (Å²) in [5.41, 5.74) is 1.14. The minimum atomic E-state index is -0.251. The third-order valence-electron chi connectivity index (χ3n) is 6.74. The van der Waals surface area contributed by atoms with Gasteiger partial charge in [0.05, 0.1) is 6.54 Å². The maximum absolute atomic E-state index is 12.5. The maximum atomic E-state index is 12.5. The Hall–Kier alpha value is -1.15. The van der Waals surface area contributed by atoms with Crippen LogP contribution in [-0.2, 0) is 11.3 Å². The molecule has 0 atom stereocenters. The van der Waals surface area contributed by atoms with E-state index in [2.05, 4.69) is 40.0 Å². The van der Waals surface area contributed by atoms with Crippen LogP contribution in [0.2, 0.25) is 0 Å². The number of nitrogens with zero attached hydrogens (tertiary/aromatic N) is 4. The van der Waals surface area contributed by atoms with Gasteiger partial charge in [0.25, 0.3) is 0 Å². The van der Waals surface area contributed by atoms with E-state index < -0.39 is 0 Å². The molecule has 4 heterocycles. The van der Waals surface area contributed by atoms with Gasteiger partial charge in [0.2, 0.25) is 0 Å². The van der Waals surface area contributed by atoms with Crippen LogP contribution in [-0.4, -0.2) is 96.7 Å². The van der Waals surface area contributed by atoms with Crippen LogP contribution in [0.1, 0.15) is 30.2 Å². The molecule has 3 saturated heterocycles. The largest absolute Gasteiger partial charge is 0.441 e. The van der Waals surface area contributed by atoms with E-state index in [0.717, 1.165) is 84.8 Å². The van der Waals surface area contributed by atoms with Crippen LogP contribution in [0.3, 0.4) is 0 Å². The molecule has 28 heavy (non-hydrogen) atoms.